The Morgan fingerprint density at radius 3 is 2.68 bits per heavy atom. The Balaban J connectivity index is 2.01. The van der Waals surface area contributed by atoms with Gasteiger partial charge in [-0.3, -0.25) is 0 Å². The van der Waals surface area contributed by atoms with E-state index in [0.717, 1.165) is 25.9 Å². The molecule has 2 rings (SSSR count). The first-order valence-electron chi connectivity index (χ1n) is 6.95. The van der Waals surface area contributed by atoms with E-state index in [2.05, 4.69) is 36.9 Å². The Bertz CT molecular complexity index is 436. The summed E-state index contributed by atoms with van der Waals surface area (Å²) in [5.41, 5.74) is 1.17. The minimum absolute atomic E-state index is 0.00224. The van der Waals surface area contributed by atoms with Crippen LogP contribution >= 0.6 is 0 Å². The van der Waals surface area contributed by atoms with Gasteiger partial charge in [-0.25, -0.2) is 0 Å². The van der Waals surface area contributed by atoms with Crippen LogP contribution in [0.5, 0.6) is 0 Å². The monoisotopic (exact) mass is 258 g/mol. The molecule has 1 aliphatic heterocycles. The molecule has 0 N–H and O–H groups in total. The highest BCUT2D eigenvalue weighted by molar-refractivity contribution is 5.46. The summed E-state index contributed by atoms with van der Waals surface area (Å²) in [5.74, 6) is 0. The molecule has 1 unspecified atom stereocenters. The second-order valence-corrected chi connectivity index (χ2v) is 5.73. The van der Waals surface area contributed by atoms with Crippen molar-refractivity contribution in [2.75, 3.05) is 18.0 Å². The van der Waals surface area contributed by atoms with Gasteiger partial charge in [-0.05, 0) is 38.8 Å². The number of ether oxygens (including phenoxy) is 1. The van der Waals surface area contributed by atoms with Gasteiger partial charge >= 0.3 is 0 Å². The molecule has 0 saturated carbocycles. The van der Waals surface area contributed by atoms with Crippen LogP contribution in [0, 0.1) is 11.3 Å². The third kappa shape index (κ3) is 3.97. The highest BCUT2D eigenvalue weighted by Gasteiger charge is 2.32. The maximum absolute atomic E-state index is 8.80. The summed E-state index contributed by atoms with van der Waals surface area (Å²) in [7, 11) is 0. The van der Waals surface area contributed by atoms with Gasteiger partial charge in [0.15, 0.2) is 0 Å². The number of para-hydroxylation sites is 1. The van der Waals surface area contributed by atoms with Crippen LogP contribution in [0.15, 0.2) is 30.3 Å². The van der Waals surface area contributed by atoms with Crippen LogP contribution in [0.4, 0.5) is 5.69 Å². The molecule has 1 aromatic carbocycles. The first-order chi connectivity index (χ1) is 9.11. The molecule has 3 nitrogen and oxygen atoms in total. The van der Waals surface area contributed by atoms with E-state index in [0.29, 0.717) is 6.42 Å². The van der Waals surface area contributed by atoms with E-state index in [1.165, 1.54) is 5.69 Å². The van der Waals surface area contributed by atoms with Crippen LogP contribution < -0.4 is 4.90 Å². The lowest BCUT2D eigenvalue weighted by Gasteiger charge is -2.28. The zero-order chi connectivity index (χ0) is 13.7. The molecule has 1 heterocycles. The SMILES string of the molecule is CC1(C)CCC(CN(CCC#N)c2ccccc2)O1. The van der Waals surface area contributed by atoms with E-state index in [-0.39, 0.29) is 11.7 Å². The predicted molar refractivity (Wildman–Crippen MR) is 77.1 cm³/mol. The van der Waals surface area contributed by atoms with Crippen LogP contribution in [-0.2, 0) is 4.74 Å². The lowest BCUT2D eigenvalue weighted by atomic mass is 10.1. The zero-order valence-corrected chi connectivity index (χ0v) is 11.8. The van der Waals surface area contributed by atoms with Gasteiger partial charge in [0.05, 0.1) is 24.2 Å². The van der Waals surface area contributed by atoms with Gasteiger partial charge in [0.1, 0.15) is 0 Å². The molecule has 0 aromatic heterocycles. The molecule has 0 aliphatic carbocycles. The predicted octanol–water partition coefficient (Wildman–Crippen LogP) is 3.36. The van der Waals surface area contributed by atoms with Gasteiger partial charge in [-0.15, -0.1) is 0 Å². The van der Waals surface area contributed by atoms with Gasteiger partial charge in [-0.2, -0.15) is 5.26 Å². The van der Waals surface area contributed by atoms with Crippen molar-refractivity contribution in [2.45, 2.75) is 44.8 Å². The molecule has 0 bridgehead atoms. The molecule has 0 spiro atoms. The molecule has 3 heteroatoms. The standard InChI is InChI=1S/C16H22N2O/c1-16(2)10-9-15(19-16)13-18(12-6-11-17)14-7-4-3-5-8-14/h3-5,7-8,15H,6,9-10,12-13H2,1-2H3. The Morgan fingerprint density at radius 1 is 1.37 bits per heavy atom. The summed E-state index contributed by atoms with van der Waals surface area (Å²) < 4.78 is 6.06. The fourth-order valence-corrected chi connectivity index (χ4v) is 2.60. The third-order valence-corrected chi connectivity index (χ3v) is 3.59. The number of anilines is 1. The molecular formula is C16H22N2O. The zero-order valence-electron chi connectivity index (χ0n) is 11.8. The molecule has 19 heavy (non-hydrogen) atoms. The maximum atomic E-state index is 8.80. The van der Waals surface area contributed by atoms with Crippen molar-refractivity contribution in [3.8, 4) is 6.07 Å². The molecule has 0 radical (unpaired) electrons. The summed E-state index contributed by atoms with van der Waals surface area (Å²) in [6.45, 7) is 5.93. The van der Waals surface area contributed by atoms with E-state index in [1.54, 1.807) is 0 Å². The fraction of sp³-hybridized carbons (Fsp3) is 0.562. The molecule has 1 aliphatic rings. The van der Waals surface area contributed by atoms with Crippen molar-refractivity contribution in [1.82, 2.24) is 0 Å². The average Bonchev–Trinajstić information content (AvgIpc) is 2.75. The second-order valence-electron chi connectivity index (χ2n) is 5.73. The van der Waals surface area contributed by atoms with Gasteiger partial charge in [0, 0.05) is 18.8 Å². The quantitative estimate of drug-likeness (QED) is 0.812. The van der Waals surface area contributed by atoms with Gasteiger partial charge < -0.3 is 9.64 Å². The van der Waals surface area contributed by atoms with Crippen molar-refractivity contribution < 1.29 is 4.74 Å². The topological polar surface area (TPSA) is 36.3 Å². The second kappa shape index (κ2) is 6.08. The van der Waals surface area contributed by atoms with E-state index in [9.17, 15) is 0 Å². The van der Waals surface area contributed by atoms with Crippen LogP contribution in [0.3, 0.4) is 0 Å². The van der Waals surface area contributed by atoms with Crippen molar-refractivity contribution >= 4 is 5.69 Å². The highest BCUT2D eigenvalue weighted by Crippen LogP contribution is 2.30. The first-order valence-corrected chi connectivity index (χ1v) is 6.95. The summed E-state index contributed by atoms with van der Waals surface area (Å²) in [6.07, 6.45) is 3.03. The van der Waals surface area contributed by atoms with E-state index in [1.807, 2.05) is 18.2 Å². The molecule has 1 saturated heterocycles. The van der Waals surface area contributed by atoms with Crippen molar-refractivity contribution in [1.29, 1.82) is 5.26 Å². The number of nitriles is 1. The average molecular weight is 258 g/mol. The summed E-state index contributed by atoms with van der Waals surface area (Å²) in [4.78, 5) is 2.26. The smallest absolute Gasteiger partial charge is 0.0758 e. The Morgan fingerprint density at radius 2 is 2.11 bits per heavy atom. The van der Waals surface area contributed by atoms with Gasteiger partial charge in [-0.1, -0.05) is 18.2 Å². The number of hydrogen-bond donors (Lipinski definition) is 0. The molecule has 102 valence electrons. The lowest BCUT2D eigenvalue weighted by molar-refractivity contribution is -0.0115. The molecular weight excluding hydrogens is 236 g/mol. The molecule has 1 fully saturated rings. The number of nitrogens with zero attached hydrogens (tertiary/aromatic N) is 2. The minimum atomic E-state index is 0.00224. The Hall–Kier alpha value is -1.53. The van der Waals surface area contributed by atoms with Crippen LogP contribution in [0.2, 0.25) is 0 Å². The third-order valence-electron chi connectivity index (χ3n) is 3.59. The van der Waals surface area contributed by atoms with Gasteiger partial charge in [0.2, 0.25) is 0 Å². The Labute approximate surface area is 115 Å². The normalized spacial score (nSPS) is 21.0. The summed E-state index contributed by atoms with van der Waals surface area (Å²) in [6, 6.07) is 12.5. The first kappa shape index (κ1) is 13.9. The van der Waals surface area contributed by atoms with E-state index in [4.69, 9.17) is 10.00 Å². The summed E-state index contributed by atoms with van der Waals surface area (Å²) >= 11 is 0. The number of hydrogen-bond acceptors (Lipinski definition) is 3. The molecule has 1 atom stereocenters. The van der Waals surface area contributed by atoms with Crippen molar-refractivity contribution in [3.63, 3.8) is 0 Å². The largest absolute Gasteiger partial charge is 0.371 e. The highest BCUT2D eigenvalue weighted by atomic mass is 16.5. The van der Waals surface area contributed by atoms with Crippen LogP contribution in [-0.4, -0.2) is 24.8 Å². The van der Waals surface area contributed by atoms with Crippen LogP contribution in [0.1, 0.15) is 33.1 Å². The lowest BCUT2D eigenvalue weighted by Crippen LogP contribution is -2.34. The number of rotatable bonds is 5. The minimum Gasteiger partial charge on any atom is -0.371 e. The number of benzene rings is 1. The molecule has 0 amide bonds. The van der Waals surface area contributed by atoms with Crippen LogP contribution in [0.25, 0.3) is 0 Å². The Kier molecular flexibility index (Phi) is 4.44. The van der Waals surface area contributed by atoms with Crippen molar-refractivity contribution in [3.05, 3.63) is 30.3 Å². The fourth-order valence-electron chi connectivity index (χ4n) is 2.60. The maximum Gasteiger partial charge on any atom is 0.0758 e. The van der Waals surface area contributed by atoms with Gasteiger partial charge in [0.25, 0.3) is 0 Å². The van der Waals surface area contributed by atoms with Crippen molar-refractivity contribution in [2.24, 2.45) is 0 Å². The summed E-state index contributed by atoms with van der Waals surface area (Å²) in [5, 5.41) is 8.80. The van der Waals surface area contributed by atoms with E-state index >= 15 is 0 Å². The molecule has 1 aromatic rings. The van der Waals surface area contributed by atoms with E-state index < -0.39 is 0 Å².